The maximum Gasteiger partial charge on any atom is 0.00983 e. The summed E-state index contributed by atoms with van der Waals surface area (Å²) >= 11 is 0. The van der Waals surface area contributed by atoms with Gasteiger partial charge in [0.1, 0.15) is 0 Å². The Bertz CT molecular complexity index is 267. The van der Waals surface area contributed by atoms with Gasteiger partial charge in [-0.1, -0.05) is 39.0 Å². The van der Waals surface area contributed by atoms with E-state index in [0.717, 1.165) is 29.6 Å². The summed E-state index contributed by atoms with van der Waals surface area (Å²) in [6, 6.07) is 0.544. The highest BCUT2D eigenvalue weighted by atomic mass is 14.7. The van der Waals surface area contributed by atoms with Crippen molar-refractivity contribution in [2.24, 2.45) is 35.3 Å². The molecule has 2 bridgehead atoms. The van der Waals surface area contributed by atoms with E-state index in [1.165, 1.54) is 64.2 Å². The van der Waals surface area contributed by atoms with Gasteiger partial charge >= 0.3 is 0 Å². The zero-order chi connectivity index (χ0) is 12.5. The van der Waals surface area contributed by atoms with E-state index in [4.69, 9.17) is 5.73 Å². The molecule has 2 N–H and O–H groups in total. The third-order valence-electron chi connectivity index (χ3n) is 6.42. The molecule has 3 aliphatic carbocycles. The first-order chi connectivity index (χ1) is 8.78. The van der Waals surface area contributed by atoms with Crippen molar-refractivity contribution < 1.29 is 0 Å². The average molecular weight is 249 g/mol. The number of nitrogens with two attached hydrogens (primary N) is 1. The maximum absolute atomic E-state index is 6.66. The van der Waals surface area contributed by atoms with Crippen LogP contribution in [0.5, 0.6) is 0 Å². The van der Waals surface area contributed by atoms with Gasteiger partial charge in [-0.2, -0.15) is 0 Å². The molecule has 0 aromatic heterocycles. The van der Waals surface area contributed by atoms with E-state index in [1.54, 1.807) is 0 Å². The van der Waals surface area contributed by atoms with E-state index in [9.17, 15) is 0 Å². The highest BCUT2D eigenvalue weighted by molar-refractivity contribution is 4.96. The molecular formula is C17H31N. The third-order valence-corrected chi connectivity index (χ3v) is 6.42. The molecule has 3 fully saturated rings. The molecule has 1 heteroatoms. The van der Waals surface area contributed by atoms with Gasteiger partial charge in [-0.3, -0.25) is 0 Å². The van der Waals surface area contributed by atoms with Gasteiger partial charge < -0.3 is 5.73 Å². The van der Waals surface area contributed by atoms with Gasteiger partial charge in [0.15, 0.2) is 0 Å². The largest absolute Gasteiger partial charge is 0.327 e. The molecule has 0 spiro atoms. The first-order valence-electron chi connectivity index (χ1n) is 8.53. The van der Waals surface area contributed by atoms with Crippen molar-refractivity contribution in [1.29, 1.82) is 0 Å². The zero-order valence-electron chi connectivity index (χ0n) is 12.1. The average Bonchev–Trinajstić information content (AvgIpc) is 3.01. The van der Waals surface area contributed by atoms with Crippen LogP contribution in [-0.4, -0.2) is 6.04 Å². The number of rotatable bonds is 4. The molecular weight excluding hydrogens is 218 g/mol. The van der Waals surface area contributed by atoms with Crippen molar-refractivity contribution in [2.45, 2.75) is 77.2 Å². The summed E-state index contributed by atoms with van der Waals surface area (Å²) < 4.78 is 0. The topological polar surface area (TPSA) is 26.0 Å². The third kappa shape index (κ3) is 2.48. The van der Waals surface area contributed by atoms with Crippen molar-refractivity contribution in [3.05, 3.63) is 0 Å². The normalized spacial score (nSPS) is 45.3. The summed E-state index contributed by atoms with van der Waals surface area (Å²) in [7, 11) is 0. The van der Waals surface area contributed by atoms with Crippen LogP contribution < -0.4 is 5.73 Å². The van der Waals surface area contributed by atoms with Gasteiger partial charge in [0.05, 0.1) is 0 Å². The van der Waals surface area contributed by atoms with Crippen LogP contribution >= 0.6 is 0 Å². The Balaban J connectivity index is 1.50. The highest BCUT2D eigenvalue weighted by Gasteiger charge is 2.44. The maximum atomic E-state index is 6.66. The molecule has 0 aromatic rings. The first kappa shape index (κ1) is 13.0. The summed E-state index contributed by atoms with van der Waals surface area (Å²) in [5.74, 6) is 4.86. The minimum atomic E-state index is 0.544. The highest BCUT2D eigenvalue weighted by Crippen LogP contribution is 2.51. The van der Waals surface area contributed by atoms with Crippen LogP contribution in [0.3, 0.4) is 0 Å². The Hall–Kier alpha value is -0.0400. The van der Waals surface area contributed by atoms with Crippen LogP contribution in [0.15, 0.2) is 0 Å². The summed E-state index contributed by atoms with van der Waals surface area (Å²) in [5, 5.41) is 0. The van der Waals surface area contributed by atoms with Crippen molar-refractivity contribution in [1.82, 2.24) is 0 Å². The second kappa shape index (κ2) is 5.53. The predicted molar refractivity (Wildman–Crippen MR) is 77.3 cm³/mol. The smallest absolute Gasteiger partial charge is 0.00983 e. The Morgan fingerprint density at radius 2 is 1.78 bits per heavy atom. The van der Waals surface area contributed by atoms with Crippen LogP contribution in [0.2, 0.25) is 0 Å². The van der Waals surface area contributed by atoms with Crippen LogP contribution in [-0.2, 0) is 0 Å². The van der Waals surface area contributed by atoms with E-state index >= 15 is 0 Å². The molecule has 0 amide bonds. The lowest BCUT2D eigenvalue weighted by Crippen LogP contribution is -2.41. The minimum absolute atomic E-state index is 0.544. The first-order valence-corrected chi connectivity index (χ1v) is 8.53. The van der Waals surface area contributed by atoms with Crippen LogP contribution in [0.25, 0.3) is 0 Å². The quantitative estimate of drug-likeness (QED) is 0.787. The fourth-order valence-corrected chi connectivity index (χ4v) is 5.38. The molecule has 1 nitrogen and oxygen atoms in total. The summed E-state index contributed by atoms with van der Waals surface area (Å²) in [5.41, 5.74) is 6.66. The van der Waals surface area contributed by atoms with E-state index in [1.807, 2.05) is 0 Å². The molecule has 3 aliphatic rings. The van der Waals surface area contributed by atoms with Crippen molar-refractivity contribution in [2.75, 3.05) is 0 Å². The molecule has 0 radical (unpaired) electrons. The van der Waals surface area contributed by atoms with Gasteiger partial charge in [0, 0.05) is 6.04 Å². The van der Waals surface area contributed by atoms with E-state index in [2.05, 4.69) is 6.92 Å². The number of fused-ring (bicyclic) bond motifs is 2. The van der Waals surface area contributed by atoms with Gasteiger partial charge in [0.2, 0.25) is 0 Å². The number of hydrogen-bond acceptors (Lipinski definition) is 1. The lowest BCUT2D eigenvalue weighted by Gasteiger charge is -2.37. The van der Waals surface area contributed by atoms with Crippen LogP contribution in [0.1, 0.15) is 71.1 Å². The van der Waals surface area contributed by atoms with Gasteiger partial charge in [-0.15, -0.1) is 0 Å². The Morgan fingerprint density at radius 1 is 1.00 bits per heavy atom. The summed E-state index contributed by atoms with van der Waals surface area (Å²) in [4.78, 5) is 0. The fourth-order valence-electron chi connectivity index (χ4n) is 5.38. The predicted octanol–water partition coefficient (Wildman–Crippen LogP) is 4.36. The molecule has 18 heavy (non-hydrogen) atoms. The standard InChI is InChI=1S/C17H31N/c1-2-3-12-4-7-14(8-5-12)17(18)16-11-13-6-9-15(16)10-13/h12-17H,2-11,18H2,1H3. The van der Waals surface area contributed by atoms with Gasteiger partial charge in [-0.05, 0) is 61.7 Å². The second-order valence-corrected chi connectivity index (χ2v) is 7.49. The molecule has 0 saturated heterocycles. The van der Waals surface area contributed by atoms with Gasteiger partial charge in [0.25, 0.3) is 0 Å². The van der Waals surface area contributed by atoms with Crippen molar-refractivity contribution >= 4 is 0 Å². The molecule has 4 atom stereocenters. The van der Waals surface area contributed by atoms with Crippen molar-refractivity contribution in [3.63, 3.8) is 0 Å². The number of hydrogen-bond donors (Lipinski definition) is 1. The molecule has 3 saturated carbocycles. The lowest BCUT2D eigenvalue weighted by molar-refractivity contribution is 0.166. The Morgan fingerprint density at radius 3 is 2.33 bits per heavy atom. The van der Waals surface area contributed by atoms with Crippen molar-refractivity contribution in [3.8, 4) is 0 Å². The SMILES string of the molecule is CCCC1CCC(C(N)C2CC3CCC2C3)CC1. The van der Waals surface area contributed by atoms with E-state index in [0.29, 0.717) is 6.04 Å². The minimum Gasteiger partial charge on any atom is -0.327 e. The molecule has 104 valence electrons. The summed E-state index contributed by atoms with van der Waals surface area (Å²) in [6.45, 7) is 2.33. The lowest BCUT2D eigenvalue weighted by atomic mass is 9.71. The Labute approximate surface area is 113 Å². The molecule has 0 heterocycles. The summed E-state index contributed by atoms with van der Waals surface area (Å²) in [6.07, 6.45) is 14.6. The zero-order valence-corrected chi connectivity index (χ0v) is 12.1. The molecule has 0 aliphatic heterocycles. The Kier molecular flexibility index (Phi) is 3.98. The molecule has 0 aromatic carbocycles. The fraction of sp³-hybridized carbons (Fsp3) is 1.00. The van der Waals surface area contributed by atoms with E-state index < -0.39 is 0 Å². The second-order valence-electron chi connectivity index (χ2n) is 7.49. The van der Waals surface area contributed by atoms with Crippen LogP contribution in [0.4, 0.5) is 0 Å². The van der Waals surface area contributed by atoms with Crippen LogP contribution in [0, 0.1) is 29.6 Å². The molecule has 4 unspecified atom stereocenters. The molecule has 3 rings (SSSR count). The van der Waals surface area contributed by atoms with Gasteiger partial charge in [-0.25, -0.2) is 0 Å². The monoisotopic (exact) mass is 249 g/mol. The van der Waals surface area contributed by atoms with E-state index in [-0.39, 0.29) is 0 Å².